The van der Waals surface area contributed by atoms with E-state index >= 15 is 0 Å². The quantitative estimate of drug-likeness (QED) is 0.176. The van der Waals surface area contributed by atoms with E-state index in [0.717, 1.165) is 35.4 Å². The van der Waals surface area contributed by atoms with Crippen molar-refractivity contribution < 1.29 is 24.1 Å². The Labute approximate surface area is 284 Å². The van der Waals surface area contributed by atoms with Crippen LogP contribution in [0.3, 0.4) is 0 Å². The Bertz CT molecular complexity index is 1710. The van der Waals surface area contributed by atoms with Crippen LogP contribution in [-0.4, -0.2) is 68.1 Å². The molecule has 0 unspecified atom stereocenters. The topological polar surface area (TPSA) is 90.2 Å². The number of aryl methyl sites for hydroxylation is 1. The molecule has 1 aromatic heterocycles. The average molecular weight is 669 g/mol. The number of carbonyl (C=O) groups excluding carboxylic acids is 1. The van der Waals surface area contributed by atoms with Crippen LogP contribution in [0.25, 0.3) is 5.69 Å². The van der Waals surface area contributed by atoms with E-state index in [0.29, 0.717) is 12.3 Å². The molecule has 1 aliphatic rings. The molecule has 0 aliphatic carbocycles. The lowest BCUT2D eigenvalue weighted by molar-refractivity contribution is -0.135. The Balaban J connectivity index is 1.38. The van der Waals surface area contributed by atoms with Crippen LogP contribution in [-0.2, 0) is 22.5 Å². The third-order valence-corrected chi connectivity index (χ3v) is 14.3. The fourth-order valence-electron chi connectivity index (χ4n) is 7.37. The molecule has 0 spiro atoms. The third kappa shape index (κ3) is 7.92. The molecule has 1 aliphatic heterocycles. The summed E-state index contributed by atoms with van der Waals surface area (Å²) in [6.45, 7) is 7.66. The largest absolute Gasteiger partial charge is 0.497 e. The van der Waals surface area contributed by atoms with Gasteiger partial charge in [-0.05, 0) is 71.8 Å². The molecule has 1 saturated heterocycles. The monoisotopic (exact) mass is 668 g/mol. The summed E-state index contributed by atoms with van der Waals surface area (Å²) in [4.78, 5) is 28.6. The molecule has 5 rings (SSSR count). The summed E-state index contributed by atoms with van der Waals surface area (Å²) in [5.41, 5.74) is 2.91. The molecule has 3 aromatic carbocycles. The zero-order valence-electron chi connectivity index (χ0n) is 28.7. The van der Waals surface area contributed by atoms with Crippen LogP contribution in [0, 0.1) is 5.92 Å². The number of pyridine rings is 1. The number of aliphatic hydroxyl groups is 1. The van der Waals surface area contributed by atoms with Crippen LogP contribution in [0.4, 0.5) is 0 Å². The van der Waals surface area contributed by atoms with Crippen LogP contribution >= 0.6 is 0 Å². The summed E-state index contributed by atoms with van der Waals surface area (Å²) in [6.07, 6.45) is 3.28. The summed E-state index contributed by atoms with van der Waals surface area (Å²) in [5.74, 6) is 1.33. The maximum Gasteiger partial charge on any atom is 0.297 e. The van der Waals surface area contributed by atoms with E-state index in [1.807, 2.05) is 60.7 Å². The molecule has 1 fully saturated rings. The molecule has 254 valence electrons. The first-order chi connectivity index (χ1) is 23.2. The summed E-state index contributed by atoms with van der Waals surface area (Å²) in [6, 6.07) is 29.8. The maximum absolute atomic E-state index is 13.9. The molecule has 48 heavy (non-hydrogen) atoms. The Morgan fingerprint density at radius 1 is 0.917 bits per heavy atom. The van der Waals surface area contributed by atoms with Gasteiger partial charge in [0.25, 0.3) is 5.56 Å². The number of rotatable bonds is 14. The summed E-state index contributed by atoms with van der Waals surface area (Å²) < 4.78 is 19.2. The third-order valence-electron chi connectivity index (χ3n) is 9.92. The van der Waals surface area contributed by atoms with Crippen molar-refractivity contribution >= 4 is 19.2 Å². The summed E-state index contributed by atoms with van der Waals surface area (Å²) >= 11 is 0. The van der Waals surface area contributed by atoms with E-state index in [2.05, 4.69) is 38.2 Å². The van der Waals surface area contributed by atoms with Crippen LogP contribution < -0.4 is 20.2 Å². The van der Waals surface area contributed by atoms with Crippen molar-refractivity contribution in [3.05, 3.63) is 119 Å². The van der Waals surface area contributed by atoms with E-state index < -0.39 is 8.07 Å². The number of hydrogen-bond donors (Lipinski definition) is 1. The maximum atomic E-state index is 13.9. The van der Waals surface area contributed by atoms with Crippen molar-refractivity contribution in [1.82, 2.24) is 9.47 Å². The molecule has 4 aromatic rings. The normalized spacial score (nSPS) is 19.2. The van der Waals surface area contributed by atoms with Gasteiger partial charge in [-0.2, -0.15) is 0 Å². The smallest absolute Gasteiger partial charge is 0.297 e. The minimum atomic E-state index is -2.17. The van der Waals surface area contributed by atoms with E-state index in [4.69, 9.17) is 14.2 Å². The number of carbonyl (C=O) groups is 1. The summed E-state index contributed by atoms with van der Waals surface area (Å²) in [7, 11) is 1.00. The molecular formula is C39H48N2O6Si. The van der Waals surface area contributed by atoms with Gasteiger partial charge in [0, 0.05) is 25.0 Å². The van der Waals surface area contributed by atoms with Crippen molar-refractivity contribution in [3.63, 3.8) is 0 Å². The molecule has 4 atom stereocenters. The highest BCUT2D eigenvalue weighted by Gasteiger charge is 2.51. The first-order valence-electron chi connectivity index (χ1n) is 16.7. The molecule has 9 heteroatoms. The van der Waals surface area contributed by atoms with E-state index in [9.17, 15) is 14.7 Å². The second-order valence-corrected chi connectivity index (χ2v) is 17.9. The van der Waals surface area contributed by atoms with Gasteiger partial charge in [0.05, 0.1) is 47.5 Å². The molecule has 2 heterocycles. The van der Waals surface area contributed by atoms with Crippen molar-refractivity contribution in [2.24, 2.45) is 5.92 Å². The van der Waals surface area contributed by atoms with Gasteiger partial charge in [-0.15, -0.1) is 0 Å². The zero-order chi connectivity index (χ0) is 34.3. The highest BCUT2D eigenvalue weighted by molar-refractivity contribution is 6.91. The number of methoxy groups -OCH3 is 2. The van der Waals surface area contributed by atoms with Gasteiger partial charge in [-0.1, -0.05) is 79.8 Å². The predicted octanol–water partition coefficient (Wildman–Crippen LogP) is 5.59. The van der Waals surface area contributed by atoms with Crippen molar-refractivity contribution in [3.8, 4) is 17.2 Å². The van der Waals surface area contributed by atoms with Gasteiger partial charge in [0.1, 0.15) is 5.75 Å². The highest BCUT2D eigenvalue weighted by atomic mass is 28.3. The lowest BCUT2D eigenvalue weighted by Gasteiger charge is -2.36. The Hall–Kier alpha value is -4.18. The van der Waals surface area contributed by atoms with Gasteiger partial charge in [0.15, 0.2) is 5.75 Å². The van der Waals surface area contributed by atoms with E-state index in [1.165, 1.54) is 12.3 Å². The molecule has 1 N–H and O–H groups in total. The van der Waals surface area contributed by atoms with Gasteiger partial charge < -0.3 is 24.2 Å². The number of aliphatic hydroxyl groups excluding tert-OH is 1. The lowest BCUT2D eigenvalue weighted by Crippen LogP contribution is -2.51. The van der Waals surface area contributed by atoms with Gasteiger partial charge in [-0.25, -0.2) is 0 Å². The molecular weight excluding hydrogens is 621 g/mol. The van der Waals surface area contributed by atoms with Crippen molar-refractivity contribution in [2.45, 2.75) is 63.6 Å². The standard InChI is InChI=1S/C39H48N2O6Si/c1-28-34(21-16-29-13-9-14-31(25-29)41-22-10-15-35(46-3)39(41)44)47-36(38(28)48(4,5)33-19-17-32(45-2)18-20-33)26-37(43)40(23-24-42)27-30-11-7-6-8-12-30/h6-15,17-20,22,25,28,34,36,38,42H,16,21,23-24,26-27H2,1-5H3/t28-,34+,36-,38+/m1/s1. The first-order valence-corrected chi connectivity index (χ1v) is 19.8. The SMILES string of the molecule is COc1ccc([Si](C)(C)[C@H]2[C@H](C)[C@H](CCc3cccc(-n4cccc(OC)c4=O)c3)O[C@@H]2CC(=O)N(CCO)Cc2ccccc2)cc1. The fraction of sp³-hybridized carbons (Fsp3) is 0.385. The Morgan fingerprint density at radius 3 is 2.33 bits per heavy atom. The van der Waals surface area contributed by atoms with Crippen molar-refractivity contribution in [2.75, 3.05) is 27.4 Å². The van der Waals surface area contributed by atoms with Crippen LogP contribution in [0.15, 0.2) is 102 Å². The Morgan fingerprint density at radius 2 is 1.65 bits per heavy atom. The van der Waals surface area contributed by atoms with E-state index in [-0.39, 0.29) is 54.7 Å². The second kappa shape index (κ2) is 15.8. The number of aromatic nitrogens is 1. The van der Waals surface area contributed by atoms with Gasteiger partial charge in [-0.3, -0.25) is 14.2 Å². The van der Waals surface area contributed by atoms with Crippen LogP contribution in [0.1, 0.15) is 30.9 Å². The number of amides is 1. The molecule has 1 amide bonds. The number of hydrogen-bond acceptors (Lipinski definition) is 6. The molecule has 0 saturated carbocycles. The van der Waals surface area contributed by atoms with Crippen LogP contribution in [0.5, 0.6) is 11.5 Å². The minimum absolute atomic E-state index is 0.00767. The fourth-order valence-corrected chi connectivity index (χ4v) is 11.4. The van der Waals surface area contributed by atoms with Gasteiger partial charge >= 0.3 is 0 Å². The second-order valence-electron chi connectivity index (χ2n) is 13.2. The highest BCUT2D eigenvalue weighted by Crippen LogP contribution is 2.46. The number of ether oxygens (including phenoxy) is 3. The summed E-state index contributed by atoms with van der Waals surface area (Å²) in [5, 5.41) is 11.1. The van der Waals surface area contributed by atoms with E-state index in [1.54, 1.807) is 34.9 Å². The van der Waals surface area contributed by atoms with Crippen molar-refractivity contribution in [1.29, 1.82) is 0 Å². The number of nitrogens with zero attached hydrogens (tertiary/aromatic N) is 2. The zero-order valence-corrected chi connectivity index (χ0v) is 29.7. The Kier molecular flexibility index (Phi) is 11.6. The molecule has 0 bridgehead atoms. The average Bonchev–Trinajstić information content (AvgIpc) is 3.42. The lowest BCUT2D eigenvalue weighted by atomic mass is 9.95. The molecule has 0 radical (unpaired) electrons. The predicted molar refractivity (Wildman–Crippen MR) is 192 cm³/mol. The van der Waals surface area contributed by atoms with Gasteiger partial charge in [0.2, 0.25) is 5.91 Å². The first kappa shape index (κ1) is 35.1. The van der Waals surface area contributed by atoms with Crippen LogP contribution in [0.2, 0.25) is 18.6 Å². The number of benzene rings is 3. The minimum Gasteiger partial charge on any atom is -0.497 e. The molecule has 8 nitrogen and oxygen atoms in total.